The van der Waals surface area contributed by atoms with Crippen molar-refractivity contribution in [2.24, 2.45) is 11.8 Å². The van der Waals surface area contributed by atoms with Crippen LogP contribution in [0.2, 0.25) is 0 Å². The summed E-state index contributed by atoms with van der Waals surface area (Å²) in [6, 6.07) is 14.2. The summed E-state index contributed by atoms with van der Waals surface area (Å²) in [5.74, 6) is 0.765. The van der Waals surface area contributed by atoms with Crippen LogP contribution in [0.25, 0.3) is 0 Å². The zero-order valence-electron chi connectivity index (χ0n) is 20.4. The van der Waals surface area contributed by atoms with Crippen molar-refractivity contribution >= 4 is 21.8 Å². The lowest BCUT2D eigenvalue weighted by atomic mass is 9.91. The van der Waals surface area contributed by atoms with Crippen LogP contribution in [0.4, 0.5) is 0 Å². The first-order valence-electron chi connectivity index (χ1n) is 12.2. The predicted octanol–water partition coefficient (Wildman–Crippen LogP) is 2.21. The maximum absolute atomic E-state index is 12.9. The molecule has 8 nitrogen and oxygen atoms in total. The van der Waals surface area contributed by atoms with Crippen molar-refractivity contribution < 1.29 is 18.0 Å². The highest BCUT2D eigenvalue weighted by molar-refractivity contribution is 7.89. The summed E-state index contributed by atoms with van der Waals surface area (Å²) in [6.45, 7) is 8.41. The molecule has 0 bridgehead atoms. The molecule has 2 aromatic carbocycles. The maximum Gasteiger partial charge on any atom is 0.251 e. The van der Waals surface area contributed by atoms with Crippen LogP contribution in [0.3, 0.4) is 0 Å². The molecule has 0 unspecified atom stereocenters. The lowest BCUT2D eigenvalue weighted by Crippen LogP contribution is -2.49. The van der Waals surface area contributed by atoms with Gasteiger partial charge < -0.3 is 10.6 Å². The Balaban J connectivity index is 1.34. The van der Waals surface area contributed by atoms with Crippen molar-refractivity contribution in [3.63, 3.8) is 0 Å². The number of hydrogen-bond acceptors (Lipinski definition) is 5. The topological polar surface area (TPSA) is 98.8 Å². The molecular formula is C26H34N4O4S. The number of rotatable bonds is 7. The Morgan fingerprint density at radius 2 is 1.74 bits per heavy atom. The van der Waals surface area contributed by atoms with Gasteiger partial charge in [-0.05, 0) is 47.6 Å². The van der Waals surface area contributed by atoms with Gasteiger partial charge in [0, 0.05) is 44.8 Å². The zero-order valence-corrected chi connectivity index (χ0v) is 21.2. The second-order valence-corrected chi connectivity index (χ2v) is 11.8. The highest BCUT2D eigenvalue weighted by Gasteiger charge is 2.29. The van der Waals surface area contributed by atoms with Gasteiger partial charge in [0.05, 0.1) is 11.4 Å². The van der Waals surface area contributed by atoms with Gasteiger partial charge in [-0.2, -0.15) is 4.31 Å². The van der Waals surface area contributed by atoms with Crippen molar-refractivity contribution in [2.75, 3.05) is 32.7 Å². The molecule has 2 fully saturated rings. The molecule has 2 atom stereocenters. The molecule has 188 valence electrons. The first-order chi connectivity index (χ1) is 16.7. The molecule has 2 amide bonds. The third-order valence-electron chi connectivity index (χ3n) is 6.56. The lowest BCUT2D eigenvalue weighted by molar-refractivity contribution is -0.122. The monoisotopic (exact) mass is 498 g/mol. The predicted molar refractivity (Wildman–Crippen MR) is 134 cm³/mol. The zero-order chi connectivity index (χ0) is 25.0. The second kappa shape index (κ2) is 10.9. The number of amides is 2. The fraction of sp³-hybridized carbons (Fsp3) is 0.462. The van der Waals surface area contributed by atoms with Gasteiger partial charge >= 0.3 is 0 Å². The molecule has 2 aliphatic heterocycles. The molecule has 35 heavy (non-hydrogen) atoms. The quantitative estimate of drug-likeness (QED) is 0.610. The molecule has 2 heterocycles. The van der Waals surface area contributed by atoms with Crippen molar-refractivity contribution in [3.05, 3.63) is 65.2 Å². The maximum atomic E-state index is 12.9. The van der Waals surface area contributed by atoms with Crippen LogP contribution in [0.5, 0.6) is 0 Å². The molecule has 0 saturated carbocycles. The molecule has 2 aromatic rings. The summed E-state index contributed by atoms with van der Waals surface area (Å²) < 4.78 is 27.0. The van der Waals surface area contributed by atoms with Gasteiger partial charge in [-0.3, -0.25) is 14.5 Å². The van der Waals surface area contributed by atoms with Crippen molar-refractivity contribution in [3.8, 4) is 0 Å². The summed E-state index contributed by atoms with van der Waals surface area (Å²) in [6.07, 6.45) is 1.29. The number of nitrogens with zero attached hydrogens (tertiary/aromatic N) is 2. The molecular weight excluding hydrogens is 464 g/mol. The average molecular weight is 499 g/mol. The van der Waals surface area contributed by atoms with Gasteiger partial charge in [0.25, 0.3) is 5.91 Å². The summed E-state index contributed by atoms with van der Waals surface area (Å²) >= 11 is 0. The standard InChI is InChI=1S/C26H34N4O4S/c1-19-12-20(2)16-29(15-19)17-22-8-6-21(7-9-22)14-28-26(32)23-4-3-5-24(13-23)35(33,34)30-11-10-27-25(31)18-30/h3-9,13,19-20H,10-12,14-18H2,1-2H3,(H,27,31)(H,28,32)/t19-,20+. The number of likely N-dealkylation sites (tertiary alicyclic amines) is 1. The molecule has 2 aliphatic rings. The Morgan fingerprint density at radius 3 is 2.43 bits per heavy atom. The van der Waals surface area contributed by atoms with Crippen LogP contribution in [-0.4, -0.2) is 62.2 Å². The summed E-state index contributed by atoms with van der Waals surface area (Å²) in [5, 5.41) is 5.48. The third kappa shape index (κ3) is 6.48. The number of carbonyl (C=O) groups excluding carboxylic acids is 2. The number of nitrogens with one attached hydrogen (secondary N) is 2. The summed E-state index contributed by atoms with van der Waals surface area (Å²) in [4.78, 5) is 26.8. The Labute approximate surface area is 207 Å². The number of benzene rings is 2. The van der Waals surface area contributed by atoms with Crippen molar-refractivity contribution in [1.82, 2.24) is 19.8 Å². The van der Waals surface area contributed by atoms with Crippen molar-refractivity contribution in [1.29, 1.82) is 0 Å². The lowest BCUT2D eigenvalue weighted by Gasteiger charge is -2.35. The molecule has 2 saturated heterocycles. The summed E-state index contributed by atoms with van der Waals surface area (Å²) in [5.41, 5.74) is 2.49. The first-order valence-corrected chi connectivity index (χ1v) is 13.6. The van der Waals surface area contributed by atoms with Gasteiger partial charge in [-0.25, -0.2) is 8.42 Å². The second-order valence-electron chi connectivity index (χ2n) is 9.86. The Hall–Kier alpha value is -2.75. The minimum Gasteiger partial charge on any atom is -0.354 e. The summed E-state index contributed by atoms with van der Waals surface area (Å²) in [7, 11) is -3.85. The van der Waals surface area contributed by atoms with Gasteiger partial charge in [0.1, 0.15) is 0 Å². The van der Waals surface area contributed by atoms with E-state index in [0.717, 1.165) is 41.3 Å². The Kier molecular flexibility index (Phi) is 7.88. The normalized spacial score (nSPS) is 21.9. The van der Waals surface area contributed by atoms with Crippen molar-refractivity contribution in [2.45, 2.75) is 38.3 Å². The van der Waals surface area contributed by atoms with Gasteiger partial charge in [-0.1, -0.05) is 44.2 Å². The minimum atomic E-state index is -3.85. The van der Waals surface area contributed by atoms with Crippen LogP contribution < -0.4 is 10.6 Å². The van der Waals surface area contributed by atoms with E-state index in [9.17, 15) is 18.0 Å². The van der Waals surface area contributed by atoms with Crippen LogP contribution in [-0.2, 0) is 27.9 Å². The van der Waals surface area contributed by atoms with E-state index in [0.29, 0.717) is 6.54 Å². The van der Waals surface area contributed by atoms with Crippen LogP contribution in [0.15, 0.2) is 53.4 Å². The van der Waals surface area contributed by atoms with E-state index in [1.165, 1.54) is 24.1 Å². The minimum absolute atomic E-state index is 0.00514. The fourth-order valence-electron chi connectivity index (χ4n) is 4.99. The third-order valence-corrected chi connectivity index (χ3v) is 8.41. The van der Waals surface area contributed by atoms with Crippen LogP contribution in [0, 0.1) is 11.8 Å². The number of piperazine rings is 1. The van der Waals surface area contributed by atoms with Gasteiger partial charge in [0.2, 0.25) is 15.9 Å². The van der Waals surface area contributed by atoms with E-state index >= 15 is 0 Å². The Morgan fingerprint density at radius 1 is 1.06 bits per heavy atom. The number of piperidine rings is 1. The highest BCUT2D eigenvalue weighted by atomic mass is 32.2. The largest absolute Gasteiger partial charge is 0.354 e. The average Bonchev–Trinajstić information content (AvgIpc) is 2.83. The fourth-order valence-corrected chi connectivity index (χ4v) is 6.44. The first kappa shape index (κ1) is 25.3. The van der Waals surface area contributed by atoms with Gasteiger partial charge in [-0.15, -0.1) is 0 Å². The molecule has 0 aliphatic carbocycles. The van der Waals surface area contributed by atoms with E-state index in [1.807, 2.05) is 12.1 Å². The number of hydrogen-bond donors (Lipinski definition) is 2. The molecule has 0 aromatic heterocycles. The molecule has 0 spiro atoms. The van der Waals surface area contributed by atoms with E-state index in [4.69, 9.17) is 0 Å². The van der Waals surface area contributed by atoms with E-state index in [2.05, 4.69) is 41.5 Å². The van der Waals surface area contributed by atoms with Gasteiger partial charge in [0.15, 0.2) is 0 Å². The van der Waals surface area contributed by atoms with E-state index in [1.54, 1.807) is 12.1 Å². The number of sulfonamides is 1. The SMILES string of the molecule is C[C@@H]1C[C@H](C)CN(Cc2ccc(CNC(=O)c3cccc(S(=O)(=O)N4CCNC(=O)C4)c3)cc2)C1. The molecule has 0 radical (unpaired) electrons. The molecule has 4 rings (SSSR count). The van der Waals surface area contributed by atoms with Crippen LogP contribution in [0.1, 0.15) is 41.8 Å². The Bertz CT molecular complexity index is 1160. The highest BCUT2D eigenvalue weighted by Crippen LogP contribution is 2.23. The number of carbonyl (C=O) groups is 2. The van der Waals surface area contributed by atoms with E-state index < -0.39 is 10.0 Å². The van der Waals surface area contributed by atoms with Crippen LogP contribution >= 0.6 is 0 Å². The smallest absolute Gasteiger partial charge is 0.251 e. The van der Waals surface area contributed by atoms with E-state index in [-0.39, 0.29) is 41.9 Å². The molecule has 2 N–H and O–H groups in total. The molecule has 9 heteroatoms.